The zero-order valence-electron chi connectivity index (χ0n) is 19.0. The molecule has 32 heavy (non-hydrogen) atoms. The van der Waals surface area contributed by atoms with Crippen molar-refractivity contribution in [3.05, 3.63) is 71.3 Å². The Hall–Kier alpha value is -3.41. The molecule has 0 N–H and O–H groups in total. The summed E-state index contributed by atoms with van der Waals surface area (Å²) in [4.78, 5) is 16.8. The lowest BCUT2D eigenvalue weighted by molar-refractivity contribution is -0.131. The minimum Gasteiger partial charge on any atom is -0.497 e. The first kappa shape index (κ1) is 21.8. The van der Waals surface area contributed by atoms with Crippen LogP contribution < -0.4 is 9.64 Å². The van der Waals surface area contributed by atoms with Crippen LogP contribution in [0.4, 0.5) is 5.82 Å². The van der Waals surface area contributed by atoms with Gasteiger partial charge in [0.2, 0.25) is 5.91 Å². The average molecular weight is 431 g/mol. The molecule has 1 aromatic heterocycles. The van der Waals surface area contributed by atoms with Crippen LogP contribution in [0, 0.1) is 13.8 Å². The van der Waals surface area contributed by atoms with E-state index < -0.39 is 0 Å². The highest BCUT2D eigenvalue weighted by molar-refractivity contribution is 5.76. The summed E-state index contributed by atoms with van der Waals surface area (Å²) in [5.74, 6) is 1.90. The van der Waals surface area contributed by atoms with Crippen LogP contribution in [0.5, 0.6) is 5.75 Å². The van der Waals surface area contributed by atoms with Gasteiger partial charge >= 0.3 is 0 Å². The van der Waals surface area contributed by atoms with Gasteiger partial charge < -0.3 is 14.5 Å². The number of nitrogens with zero attached hydrogens (tertiary/aromatic N) is 4. The van der Waals surface area contributed by atoms with Crippen molar-refractivity contribution < 1.29 is 9.53 Å². The van der Waals surface area contributed by atoms with Gasteiger partial charge in [0.1, 0.15) is 5.75 Å². The highest BCUT2D eigenvalue weighted by atomic mass is 16.5. The highest BCUT2D eigenvalue weighted by Gasteiger charge is 2.22. The predicted molar refractivity (Wildman–Crippen MR) is 127 cm³/mol. The first-order valence-corrected chi connectivity index (χ1v) is 11.1. The van der Waals surface area contributed by atoms with E-state index in [9.17, 15) is 4.79 Å². The van der Waals surface area contributed by atoms with Crippen LogP contribution in [0.1, 0.15) is 23.1 Å². The minimum absolute atomic E-state index is 0.205. The summed E-state index contributed by atoms with van der Waals surface area (Å²) < 4.78 is 5.18. The molecule has 0 aliphatic carbocycles. The zero-order valence-corrected chi connectivity index (χ0v) is 19.0. The molecule has 1 saturated heterocycles. The maximum Gasteiger partial charge on any atom is 0.223 e. The number of aryl methyl sites for hydroxylation is 3. The number of rotatable bonds is 6. The minimum atomic E-state index is 0.205. The number of aromatic nitrogens is 2. The van der Waals surface area contributed by atoms with Crippen molar-refractivity contribution >= 4 is 11.7 Å². The monoisotopic (exact) mass is 430 g/mol. The largest absolute Gasteiger partial charge is 0.497 e. The van der Waals surface area contributed by atoms with Crippen molar-refractivity contribution in [2.75, 3.05) is 38.2 Å². The Morgan fingerprint density at radius 1 is 0.906 bits per heavy atom. The smallest absolute Gasteiger partial charge is 0.223 e. The Morgan fingerprint density at radius 2 is 1.66 bits per heavy atom. The lowest BCUT2D eigenvalue weighted by Crippen LogP contribution is -2.49. The van der Waals surface area contributed by atoms with E-state index in [4.69, 9.17) is 4.74 Å². The maximum absolute atomic E-state index is 12.6. The number of piperazine rings is 1. The molecule has 0 bridgehead atoms. The third-order valence-electron chi connectivity index (χ3n) is 6.20. The lowest BCUT2D eigenvalue weighted by atomic mass is 10.0. The van der Waals surface area contributed by atoms with Crippen molar-refractivity contribution in [1.82, 2.24) is 15.1 Å². The molecule has 0 saturated carbocycles. The number of carbonyl (C=O) groups excluding carboxylic acids is 1. The number of amides is 1. The second kappa shape index (κ2) is 9.81. The third kappa shape index (κ3) is 5.07. The maximum atomic E-state index is 12.6. The molecule has 1 aliphatic heterocycles. The van der Waals surface area contributed by atoms with Gasteiger partial charge in [-0.3, -0.25) is 4.79 Å². The normalized spacial score (nSPS) is 13.8. The number of anilines is 1. The molecule has 3 aromatic rings. The average Bonchev–Trinajstić information content (AvgIpc) is 2.85. The lowest BCUT2D eigenvalue weighted by Gasteiger charge is -2.35. The van der Waals surface area contributed by atoms with Gasteiger partial charge in [-0.25, -0.2) is 0 Å². The van der Waals surface area contributed by atoms with Crippen LogP contribution in [-0.2, 0) is 11.2 Å². The summed E-state index contributed by atoms with van der Waals surface area (Å²) in [5.41, 5.74) is 5.64. The van der Waals surface area contributed by atoms with E-state index >= 15 is 0 Å². The quantitative estimate of drug-likeness (QED) is 0.591. The highest BCUT2D eigenvalue weighted by Crippen LogP contribution is 2.22. The van der Waals surface area contributed by atoms with Gasteiger partial charge in [-0.2, -0.15) is 0 Å². The second-order valence-electron chi connectivity index (χ2n) is 8.29. The first-order chi connectivity index (χ1) is 15.5. The molecule has 2 heterocycles. The number of benzene rings is 2. The Morgan fingerprint density at radius 3 is 2.28 bits per heavy atom. The molecule has 4 rings (SSSR count). The summed E-state index contributed by atoms with van der Waals surface area (Å²) in [5, 5.41) is 8.90. The molecule has 0 unspecified atom stereocenters. The van der Waals surface area contributed by atoms with Crippen LogP contribution in [0.2, 0.25) is 0 Å². The van der Waals surface area contributed by atoms with Crippen molar-refractivity contribution in [3.8, 4) is 17.0 Å². The molecular weight excluding hydrogens is 400 g/mol. The third-order valence-corrected chi connectivity index (χ3v) is 6.20. The van der Waals surface area contributed by atoms with Crippen LogP contribution in [0.15, 0.2) is 54.6 Å². The van der Waals surface area contributed by atoms with E-state index in [1.54, 1.807) is 7.11 Å². The summed E-state index contributed by atoms with van der Waals surface area (Å²) >= 11 is 0. The van der Waals surface area contributed by atoms with Gasteiger partial charge in [-0.05, 0) is 67.3 Å². The summed E-state index contributed by atoms with van der Waals surface area (Å²) in [6.07, 6.45) is 1.27. The number of methoxy groups -OCH3 is 1. The predicted octanol–water partition coefficient (Wildman–Crippen LogP) is 4.05. The molecule has 0 radical (unpaired) electrons. The SMILES string of the molecule is COc1ccc(CCC(=O)N2CCN(c3ccc(-c4ccc(C)c(C)c4)nn3)CC2)cc1. The molecule has 1 fully saturated rings. The van der Waals surface area contributed by atoms with Crippen molar-refractivity contribution in [3.63, 3.8) is 0 Å². The van der Waals surface area contributed by atoms with E-state index in [1.807, 2.05) is 41.3 Å². The van der Waals surface area contributed by atoms with E-state index in [0.29, 0.717) is 19.5 Å². The fraction of sp³-hybridized carbons (Fsp3) is 0.346. The molecule has 2 aromatic carbocycles. The molecule has 6 nitrogen and oxygen atoms in total. The van der Waals surface area contributed by atoms with Gasteiger partial charge in [0.05, 0.1) is 12.8 Å². The van der Waals surface area contributed by atoms with Gasteiger partial charge in [0.25, 0.3) is 0 Å². The van der Waals surface area contributed by atoms with Crippen molar-refractivity contribution in [2.24, 2.45) is 0 Å². The summed E-state index contributed by atoms with van der Waals surface area (Å²) in [6, 6.07) is 18.3. The standard InChI is InChI=1S/C26H30N4O2/c1-19-4-8-22(18-20(19)2)24-11-12-25(28-27-24)29-14-16-30(17-15-29)26(31)13-7-21-5-9-23(32-3)10-6-21/h4-6,8-12,18H,7,13-17H2,1-3H3. The summed E-state index contributed by atoms with van der Waals surface area (Å²) in [6.45, 7) is 7.18. The molecule has 0 atom stereocenters. The Bertz CT molecular complexity index is 1060. The fourth-order valence-corrected chi connectivity index (χ4v) is 3.94. The molecule has 0 spiro atoms. The van der Waals surface area contributed by atoms with Crippen LogP contribution in [-0.4, -0.2) is 54.3 Å². The number of ether oxygens (including phenoxy) is 1. The zero-order chi connectivity index (χ0) is 22.5. The van der Waals surface area contributed by atoms with Crippen LogP contribution in [0.25, 0.3) is 11.3 Å². The molecule has 1 amide bonds. The molecule has 166 valence electrons. The number of carbonyl (C=O) groups is 1. The number of hydrogen-bond donors (Lipinski definition) is 0. The fourth-order valence-electron chi connectivity index (χ4n) is 3.94. The van der Waals surface area contributed by atoms with Gasteiger partial charge in [-0.15, -0.1) is 10.2 Å². The van der Waals surface area contributed by atoms with E-state index in [0.717, 1.165) is 47.9 Å². The van der Waals surface area contributed by atoms with Crippen molar-refractivity contribution in [2.45, 2.75) is 26.7 Å². The van der Waals surface area contributed by atoms with E-state index in [1.165, 1.54) is 11.1 Å². The van der Waals surface area contributed by atoms with Crippen LogP contribution >= 0.6 is 0 Å². The first-order valence-electron chi connectivity index (χ1n) is 11.1. The number of hydrogen-bond acceptors (Lipinski definition) is 5. The molecule has 6 heteroatoms. The summed E-state index contributed by atoms with van der Waals surface area (Å²) in [7, 11) is 1.66. The van der Waals surface area contributed by atoms with E-state index in [2.05, 4.69) is 47.1 Å². The molecular formula is C26H30N4O2. The Kier molecular flexibility index (Phi) is 6.69. The molecule has 1 aliphatic rings. The topological polar surface area (TPSA) is 58.6 Å². The van der Waals surface area contributed by atoms with E-state index in [-0.39, 0.29) is 5.91 Å². The Balaban J connectivity index is 1.29. The van der Waals surface area contributed by atoms with Gasteiger partial charge in [-0.1, -0.05) is 24.3 Å². The Labute approximate surface area is 189 Å². The second-order valence-corrected chi connectivity index (χ2v) is 8.29. The van der Waals surface area contributed by atoms with Gasteiger partial charge in [0.15, 0.2) is 5.82 Å². The van der Waals surface area contributed by atoms with Crippen molar-refractivity contribution in [1.29, 1.82) is 0 Å². The van der Waals surface area contributed by atoms with Gasteiger partial charge in [0, 0.05) is 38.2 Å². The van der Waals surface area contributed by atoms with Crippen LogP contribution in [0.3, 0.4) is 0 Å².